The molecule has 0 saturated heterocycles. The molecule has 19 heavy (non-hydrogen) atoms. The second-order valence-electron chi connectivity index (χ2n) is 7.88. The van der Waals surface area contributed by atoms with Crippen LogP contribution in [0.25, 0.3) is 0 Å². The fourth-order valence-corrected chi connectivity index (χ4v) is 2.90. The van der Waals surface area contributed by atoms with Crippen molar-refractivity contribution in [1.29, 1.82) is 0 Å². The van der Waals surface area contributed by atoms with Gasteiger partial charge in [-0.15, -0.1) is 0 Å². The number of nitrogens with two attached hydrogens (primary N) is 1. The average molecular weight is 285 g/mol. The zero-order valence-corrected chi connectivity index (χ0v) is 14.9. The fourth-order valence-electron chi connectivity index (χ4n) is 1.36. The minimum Gasteiger partial charge on any atom is -0.402 e. The van der Waals surface area contributed by atoms with Gasteiger partial charge in [-0.1, -0.05) is 62.0 Å². The average Bonchev–Trinajstić information content (AvgIpc) is 2.26. The normalized spacial score (nSPS) is 14.4. The maximum atomic E-state index is 9.56. The van der Waals surface area contributed by atoms with Crippen LogP contribution in [0.15, 0.2) is 12.3 Å². The van der Waals surface area contributed by atoms with Crippen LogP contribution < -0.4 is 5.73 Å². The quantitative estimate of drug-likeness (QED) is 0.703. The van der Waals surface area contributed by atoms with Gasteiger partial charge in [0.2, 0.25) is 0 Å². The van der Waals surface area contributed by atoms with Crippen molar-refractivity contribution in [3.8, 4) is 0 Å². The second kappa shape index (κ2) is 5.73. The first-order valence-corrected chi connectivity index (χ1v) is 7.89. The number of allylic oxidation sites excluding steroid dienone is 1. The molecule has 0 bridgehead atoms. The van der Waals surface area contributed by atoms with Gasteiger partial charge >= 0.3 is 0 Å². The third-order valence-corrected chi connectivity index (χ3v) is 7.45. The minimum absolute atomic E-state index is 0.00499. The van der Waals surface area contributed by atoms with Gasteiger partial charge in [-0.2, -0.15) is 0 Å². The summed E-state index contributed by atoms with van der Waals surface area (Å²) in [6.07, 6.45) is 0. The minimum atomic E-state index is -0.113. The van der Waals surface area contributed by atoms with E-state index in [-0.39, 0.29) is 27.5 Å². The highest BCUT2D eigenvalue weighted by Crippen LogP contribution is 2.52. The van der Waals surface area contributed by atoms with Crippen molar-refractivity contribution >= 4 is 18.2 Å². The Morgan fingerprint density at radius 3 is 1.84 bits per heavy atom. The molecule has 0 aromatic rings. The van der Waals surface area contributed by atoms with Gasteiger partial charge in [0, 0.05) is 27.9 Å². The van der Waals surface area contributed by atoms with E-state index in [9.17, 15) is 5.11 Å². The van der Waals surface area contributed by atoms with Crippen molar-refractivity contribution in [2.45, 2.75) is 65.5 Å². The van der Waals surface area contributed by atoms with Crippen LogP contribution in [0.4, 0.5) is 0 Å². The molecule has 0 heterocycles. The summed E-state index contributed by atoms with van der Waals surface area (Å²) in [5.41, 5.74) is 6.47. The largest absolute Gasteiger partial charge is 0.402 e. The van der Waals surface area contributed by atoms with Gasteiger partial charge in [0.15, 0.2) is 6.56 Å². The van der Waals surface area contributed by atoms with E-state index in [1.54, 1.807) is 0 Å². The van der Waals surface area contributed by atoms with Crippen molar-refractivity contribution < 1.29 is 5.11 Å². The summed E-state index contributed by atoms with van der Waals surface area (Å²) in [5.74, 6) is 0. The molecule has 2 nitrogen and oxygen atoms in total. The SMILES string of the molecule is C=C(N)C(C)(C)C(C)(C)BSC(C)(C)C(C)(C)CO. The third kappa shape index (κ3) is 3.94. The molecule has 0 amide bonds. The number of rotatable bonds is 7. The number of hydrogen-bond donors (Lipinski definition) is 2. The molecule has 0 unspecified atom stereocenters. The molecule has 0 aliphatic rings. The molecule has 112 valence electrons. The Kier molecular flexibility index (Phi) is 5.70. The van der Waals surface area contributed by atoms with Crippen LogP contribution in [0.5, 0.6) is 0 Å². The Hall–Kier alpha value is -0.0851. The van der Waals surface area contributed by atoms with Crippen LogP contribution in [0.1, 0.15) is 55.4 Å². The molecule has 0 aliphatic heterocycles. The van der Waals surface area contributed by atoms with E-state index in [1.165, 1.54) is 0 Å². The molecule has 0 aromatic heterocycles. The second-order valence-corrected chi connectivity index (χ2v) is 9.47. The number of hydrogen-bond acceptors (Lipinski definition) is 3. The van der Waals surface area contributed by atoms with Crippen molar-refractivity contribution in [2.24, 2.45) is 16.6 Å². The molecule has 3 N–H and O–H groups in total. The van der Waals surface area contributed by atoms with Crippen LogP contribution >= 0.6 is 11.6 Å². The van der Waals surface area contributed by atoms with E-state index in [0.717, 1.165) is 12.3 Å². The lowest BCUT2D eigenvalue weighted by atomic mass is 9.54. The molecule has 0 fully saturated rings. The van der Waals surface area contributed by atoms with Crippen LogP contribution in [0.3, 0.4) is 0 Å². The number of aliphatic hydroxyl groups is 1. The van der Waals surface area contributed by atoms with Crippen LogP contribution in [0, 0.1) is 10.8 Å². The van der Waals surface area contributed by atoms with Crippen molar-refractivity contribution in [3.63, 3.8) is 0 Å². The zero-order chi connectivity index (χ0) is 15.7. The van der Waals surface area contributed by atoms with Gasteiger partial charge in [0.1, 0.15) is 0 Å². The molecule has 0 radical (unpaired) electrons. The first kappa shape index (κ1) is 18.9. The van der Waals surface area contributed by atoms with E-state index in [0.29, 0.717) is 0 Å². The van der Waals surface area contributed by atoms with Crippen molar-refractivity contribution in [2.75, 3.05) is 6.61 Å². The summed E-state index contributed by atoms with van der Waals surface area (Å²) in [6, 6.07) is 0. The first-order valence-electron chi connectivity index (χ1n) is 6.91. The lowest BCUT2D eigenvalue weighted by Crippen LogP contribution is -2.42. The summed E-state index contributed by atoms with van der Waals surface area (Å²) < 4.78 is 0.00499. The molecule has 0 saturated carbocycles. The summed E-state index contributed by atoms with van der Waals surface area (Å²) in [6.45, 7) is 22.5. The topological polar surface area (TPSA) is 46.2 Å². The van der Waals surface area contributed by atoms with Crippen molar-refractivity contribution in [1.82, 2.24) is 0 Å². The van der Waals surface area contributed by atoms with Gasteiger partial charge in [-0.05, 0) is 5.31 Å². The Bertz CT molecular complexity index is 335. The molecule has 0 rings (SSSR count). The molecule has 0 spiro atoms. The highest BCUT2D eigenvalue weighted by Gasteiger charge is 2.43. The predicted octanol–water partition coefficient (Wildman–Crippen LogP) is 3.57. The van der Waals surface area contributed by atoms with Crippen molar-refractivity contribution in [3.05, 3.63) is 12.3 Å². The van der Waals surface area contributed by atoms with E-state index >= 15 is 0 Å². The van der Waals surface area contributed by atoms with Gasteiger partial charge in [-0.3, -0.25) is 0 Å². The highest BCUT2D eigenvalue weighted by molar-refractivity contribution is 8.23. The number of aliphatic hydroxyl groups excluding tert-OH is 1. The summed E-state index contributed by atoms with van der Waals surface area (Å²) >= 11 is 1.90. The monoisotopic (exact) mass is 285 g/mol. The third-order valence-electron chi connectivity index (χ3n) is 5.31. The summed E-state index contributed by atoms with van der Waals surface area (Å²) in [7, 11) is 0. The molecular formula is C15H32BNOS. The molecule has 4 heteroatoms. The zero-order valence-electron chi connectivity index (χ0n) is 14.1. The molecule has 0 aromatic carbocycles. The standard InChI is InChI=1S/C15H32BNOS/c1-11(17)13(4,5)14(6,7)16-19-15(8,9)12(2,3)10-18/h16,18H,1,10,17H2,2-9H3. The van der Waals surface area contributed by atoms with Gasteiger partial charge in [-0.25, -0.2) is 11.6 Å². The van der Waals surface area contributed by atoms with E-state index in [4.69, 9.17) is 5.73 Å². The van der Waals surface area contributed by atoms with Crippen LogP contribution in [-0.4, -0.2) is 23.0 Å². The van der Waals surface area contributed by atoms with Gasteiger partial charge in [0.05, 0.1) is 0 Å². The van der Waals surface area contributed by atoms with Gasteiger partial charge in [0.25, 0.3) is 0 Å². The summed E-state index contributed by atoms with van der Waals surface area (Å²) in [5, 5.41) is 9.61. The predicted molar refractivity (Wildman–Crippen MR) is 90.8 cm³/mol. The molecule has 0 aliphatic carbocycles. The fraction of sp³-hybridized carbons (Fsp3) is 0.867. The van der Waals surface area contributed by atoms with Crippen LogP contribution in [-0.2, 0) is 0 Å². The lowest BCUT2D eigenvalue weighted by molar-refractivity contribution is 0.130. The van der Waals surface area contributed by atoms with E-state index < -0.39 is 0 Å². The maximum Gasteiger partial charge on any atom is 0.199 e. The maximum absolute atomic E-state index is 9.56. The van der Waals surface area contributed by atoms with E-state index in [1.807, 2.05) is 11.6 Å². The summed E-state index contributed by atoms with van der Waals surface area (Å²) in [4.78, 5) is 0. The van der Waals surface area contributed by atoms with E-state index in [2.05, 4.69) is 62.0 Å². The Morgan fingerprint density at radius 2 is 1.53 bits per heavy atom. The lowest BCUT2D eigenvalue weighted by Gasteiger charge is -2.46. The Labute approximate surface area is 124 Å². The Balaban J connectivity index is 4.95. The first-order chi connectivity index (χ1) is 8.21. The highest BCUT2D eigenvalue weighted by atomic mass is 32.2. The molecule has 0 atom stereocenters. The molecular weight excluding hydrogens is 253 g/mol. The Morgan fingerprint density at radius 1 is 1.11 bits per heavy atom. The smallest absolute Gasteiger partial charge is 0.199 e. The van der Waals surface area contributed by atoms with Crippen LogP contribution in [0.2, 0.25) is 5.31 Å². The van der Waals surface area contributed by atoms with Gasteiger partial charge < -0.3 is 10.8 Å².